The minimum Gasteiger partial charge on any atom is -0.311 e. The van der Waals surface area contributed by atoms with Gasteiger partial charge in [-0.3, -0.25) is 4.90 Å². The molecule has 0 aromatic heterocycles. The van der Waals surface area contributed by atoms with Crippen LogP contribution >= 0.6 is 0 Å². The average Bonchev–Trinajstić information content (AvgIpc) is 2.93. The van der Waals surface area contributed by atoms with Crippen molar-refractivity contribution in [3.63, 3.8) is 0 Å². The first-order valence-electron chi connectivity index (χ1n) is 7.09. The number of rotatable bonds is 4. The number of hydrogen-bond acceptors (Lipinski definition) is 2. The topological polar surface area (TPSA) is 15.3 Å². The van der Waals surface area contributed by atoms with Gasteiger partial charge in [0.25, 0.3) is 0 Å². The fraction of sp³-hybridized carbons (Fsp3) is 1.00. The summed E-state index contributed by atoms with van der Waals surface area (Å²) in [5, 5.41) is 3.69. The Balaban J connectivity index is 1.91. The number of nitrogens with one attached hydrogen (secondary N) is 1. The van der Waals surface area contributed by atoms with Crippen molar-refractivity contribution in [1.82, 2.24) is 10.2 Å². The van der Waals surface area contributed by atoms with Crippen molar-refractivity contribution in [3.05, 3.63) is 0 Å². The second kappa shape index (κ2) is 5.05. The van der Waals surface area contributed by atoms with Gasteiger partial charge in [-0.05, 0) is 30.6 Å². The summed E-state index contributed by atoms with van der Waals surface area (Å²) in [5.41, 5.74) is 0. The first-order chi connectivity index (χ1) is 7.61. The van der Waals surface area contributed by atoms with E-state index in [1.165, 1.54) is 32.5 Å². The third-order valence-electron chi connectivity index (χ3n) is 4.55. The quantitative estimate of drug-likeness (QED) is 0.788. The third kappa shape index (κ3) is 2.78. The van der Waals surface area contributed by atoms with Gasteiger partial charge in [-0.25, -0.2) is 0 Å². The van der Waals surface area contributed by atoms with Crippen molar-refractivity contribution in [2.24, 2.45) is 17.8 Å². The molecule has 2 rings (SSSR count). The van der Waals surface area contributed by atoms with Gasteiger partial charge in [0.05, 0.1) is 0 Å². The maximum atomic E-state index is 3.69. The van der Waals surface area contributed by atoms with Crippen LogP contribution in [0.5, 0.6) is 0 Å². The predicted molar refractivity (Wildman–Crippen MR) is 69.6 cm³/mol. The van der Waals surface area contributed by atoms with Crippen LogP contribution in [0, 0.1) is 17.8 Å². The molecule has 4 unspecified atom stereocenters. The molecule has 1 saturated heterocycles. The molecule has 4 atom stereocenters. The fourth-order valence-corrected chi connectivity index (χ4v) is 2.99. The van der Waals surface area contributed by atoms with Crippen molar-refractivity contribution < 1.29 is 0 Å². The molecule has 1 saturated carbocycles. The molecular weight excluding hydrogens is 196 g/mol. The Morgan fingerprint density at radius 2 is 2.06 bits per heavy atom. The van der Waals surface area contributed by atoms with E-state index in [0.717, 1.165) is 29.8 Å². The Morgan fingerprint density at radius 3 is 2.56 bits per heavy atom. The molecule has 1 heterocycles. The lowest BCUT2D eigenvalue weighted by Gasteiger charge is -2.42. The lowest BCUT2D eigenvalue weighted by atomic mass is 9.97. The normalized spacial score (nSPS) is 40.3. The molecule has 94 valence electrons. The monoisotopic (exact) mass is 224 g/mol. The first kappa shape index (κ1) is 12.4. The van der Waals surface area contributed by atoms with Crippen LogP contribution in [0.15, 0.2) is 0 Å². The van der Waals surface area contributed by atoms with Crippen molar-refractivity contribution in [1.29, 1.82) is 0 Å². The zero-order valence-corrected chi connectivity index (χ0v) is 11.4. The van der Waals surface area contributed by atoms with Crippen LogP contribution in [0.4, 0.5) is 0 Å². The fourth-order valence-electron chi connectivity index (χ4n) is 2.99. The lowest BCUT2D eigenvalue weighted by molar-refractivity contribution is 0.0911. The van der Waals surface area contributed by atoms with Crippen LogP contribution in [0.3, 0.4) is 0 Å². The summed E-state index contributed by atoms with van der Waals surface area (Å²) in [7, 11) is 0. The van der Waals surface area contributed by atoms with E-state index in [1.807, 2.05) is 0 Å². The van der Waals surface area contributed by atoms with E-state index in [2.05, 4.69) is 37.9 Å². The molecule has 16 heavy (non-hydrogen) atoms. The van der Waals surface area contributed by atoms with Crippen LogP contribution in [0.2, 0.25) is 0 Å². The minimum atomic E-state index is 0.726. The Labute approximate surface area is 101 Å². The van der Waals surface area contributed by atoms with E-state index < -0.39 is 0 Å². The molecule has 2 heteroatoms. The van der Waals surface area contributed by atoms with Crippen molar-refractivity contribution >= 4 is 0 Å². The van der Waals surface area contributed by atoms with Gasteiger partial charge in [0.15, 0.2) is 0 Å². The van der Waals surface area contributed by atoms with E-state index in [1.54, 1.807) is 0 Å². The van der Waals surface area contributed by atoms with Gasteiger partial charge in [-0.15, -0.1) is 0 Å². The zero-order chi connectivity index (χ0) is 11.7. The van der Waals surface area contributed by atoms with Crippen LogP contribution in [0.25, 0.3) is 0 Å². The van der Waals surface area contributed by atoms with Crippen molar-refractivity contribution in [2.75, 3.05) is 19.6 Å². The third-order valence-corrected chi connectivity index (χ3v) is 4.55. The van der Waals surface area contributed by atoms with Crippen LogP contribution in [-0.2, 0) is 0 Å². The van der Waals surface area contributed by atoms with E-state index >= 15 is 0 Å². The van der Waals surface area contributed by atoms with Gasteiger partial charge >= 0.3 is 0 Å². The molecule has 1 N–H and O–H groups in total. The van der Waals surface area contributed by atoms with Gasteiger partial charge in [0, 0.05) is 31.7 Å². The average molecular weight is 224 g/mol. The van der Waals surface area contributed by atoms with Gasteiger partial charge in [0.2, 0.25) is 0 Å². The van der Waals surface area contributed by atoms with E-state index in [-0.39, 0.29) is 0 Å². The molecule has 2 aliphatic rings. The van der Waals surface area contributed by atoms with E-state index in [4.69, 9.17) is 0 Å². The molecule has 0 aromatic rings. The SMILES string of the molecule is CCC1CN(CC2CC2C)C(C(C)C)CN1. The van der Waals surface area contributed by atoms with Crippen LogP contribution in [-0.4, -0.2) is 36.6 Å². The summed E-state index contributed by atoms with van der Waals surface area (Å²) in [5.74, 6) is 2.76. The van der Waals surface area contributed by atoms with Crippen LogP contribution in [0.1, 0.15) is 40.5 Å². The highest BCUT2D eigenvalue weighted by molar-refractivity contribution is 4.92. The number of piperazine rings is 1. The second-order valence-corrected chi connectivity index (χ2v) is 6.25. The summed E-state index contributed by atoms with van der Waals surface area (Å²) in [6.45, 7) is 13.2. The summed E-state index contributed by atoms with van der Waals surface area (Å²) >= 11 is 0. The number of nitrogens with zero attached hydrogens (tertiary/aromatic N) is 1. The van der Waals surface area contributed by atoms with Crippen LogP contribution < -0.4 is 5.32 Å². The molecule has 0 aromatic carbocycles. The highest BCUT2D eigenvalue weighted by atomic mass is 15.2. The largest absolute Gasteiger partial charge is 0.311 e. The zero-order valence-electron chi connectivity index (χ0n) is 11.4. The molecule has 2 fully saturated rings. The molecular formula is C14H28N2. The maximum Gasteiger partial charge on any atom is 0.0244 e. The highest BCUT2D eigenvalue weighted by Gasteiger charge is 2.37. The molecule has 0 bridgehead atoms. The standard InChI is InChI=1S/C14H28N2/c1-5-13-9-16(8-12-6-11(12)4)14(7-15-13)10(2)3/h10-15H,5-9H2,1-4H3. The van der Waals surface area contributed by atoms with Gasteiger partial charge < -0.3 is 5.32 Å². The smallest absolute Gasteiger partial charge is 0.0244 e. The summed E-state index contributed by atoms with van der Waals surface area (Å²) < 4.78 is 0. The second-order valence-electron chi connectivity index (χ2n) is 6.25. The lowest BCUT2D eigenvalue weighted by Crippen LogP contribution is -2.58. The maximum absolute atomic E-state index is 3.69. The molecule has 0 radical (unpaired) electrons. The summed E-state index contributed by atoms with van der Waals surface area (Å²) in [4.78, 5) is 2.77. The summed E-state index contributed by atoms with van der Waals surface area (Å²) in [6.07, 6.45) is 2.73. The molecule has 1 aliphatic carbocycles. The Morgan fingerprint density at radius 1 is 1.38 bits per heavy atom. The van der Waals surface area contributed by atoms with Crippen molar-refractivity contribution in [3.8, 4) is 0 Å². The van der Waals surface area contributed by atoms with Crippen molar-refractivity contribution in [2.45, 2.75) is 52.6 Å². The first-order valence-corrected chi connectivity index (χ1v) is 7.09. The predicted octanol–water partition coefficient (Wildman–Crippen LogP) is 2.35. The van der Waals surface area contributed by atoms with E-state index in [9.17, 15) is 0 Å². The van der Waals surface area contributed by atoms with E-state index in [0.29, 0.717) is 0 Å². The van der Waals surface area contributed by atoms with Gasteiger partial charge in [0.1, 0.15) is 0 Å². The molecule has 0 amide bonds. The highest BCUT2D eigenvalue weighted by Crippen LogP contribution is 2.39. The van der Waals surface area contributed by atoms with Gasteiger partial charge in [-0.2, -0.15) is 0 Å². The number of hydrogen-bond donors (Lipinski definition) is 1. The minimum absolute atomic E-state index is 0.726. The Bertz CT molecular complexity index is 225. The molecule has 1 aliphatic heterocycles. The molecule has 2 nitrogen and oxygen atoms in total. The van der Waals surface area contributed by atoms with Gasteiger partial charge in [-0.1, -0.05) is 27.7 Å². The Kier molecular flexibility index (Phi) is 3.91. The summed E-state index contributed by atoms with van der Waals surface area (Å²) in [6, 6.07) is 1.49. The Hall–Kier alpha value is -0.0800. The molecule has 0 spiro atoms.